The molecule has 2 amide bonds. The summed E-state index contributed by atoms with van der Waals surface area (Å²) < 4.78 is 4.68. The minimum absolute atomic E-state index is 0.152. The topological polar surface area (TPSA) is 88.0 Å². The van der Waals surface area contributed by atoms with Crippen LogP contribution >= 0.6 is 0 Å². The first kappa shape index (κ1) is 14.9. The van der Waals surface area contributed by atoms with Crippen LogP contribution in [0.1, 0.15) is 13.8 Å². The number of hydrogen-bond acceptors (Lipinski definition) is 4. The zero-order chi connectivity index (χ0) is 13.3. The van der Waals surface area contributed by atoms with E-state index in [0.717, 1.165) is 6.21 Å². The fraction of sp³-hybridized carbons (Fsp3) is 0.364. The molecule has 0 radical (unpaired) electrons. The summed E-state index contributed by atoms with van der Waals surface area (Å²) in [6.07, 6.45) is 2.46. The molecule has 2 N–H and O–H groups in total. The number of aliphatic imine (C=N–C) groups is 1. The Morgan fingerprint density at radius 3 is 2.65 bits per heavy atom. The van der Waals surface area contributed by atoms with Crippen LogP contribution in [0.15, 0.2) is 29.0 Å². The number of aliphatic hydroxyl groups is 1. The molecule has 0 aromatic rings. The SMILES string of the molecule is C=CCNC(=O)N=CC(C(=O)OCC)=C(C)O. The van der Waals surface area contributed by atoms with Gasteiger partial charge in [0.1, 0.15) is 11.3 Å². The summed E-state index contributed by atoms with van der Waals surface area (Å²) in [7, 11) is 0. The molecular formula is C11H16N2O4. The molecular weight excluding hydrogens is 224 g/mol. The van der Waals surface area contributed by atoms with Crippen LogP contribution in [0.4, 0.5) is 4.79 Å². The van der Waals surface area contributed by atoms with Crippen molar-refractivity contribution < 1.29 is 19.4 Å². The van der Waals surface area contributed by atoms with Crippen molar-refractivity contribution in [3.8, 4) is 0 Å². The van der Waals surface area contributed by atoms with E-state index in [-0.39, 0.29) is 24.5 Å². The summed E-state index contributed by atoms with van der Waals surface area (Å²) in [6, 6.07) is -0.632. The summed E-state index contributed by atoms with van der Waals surface area (Å²) in [4.78, 5) is 25.9. The van der Waals surface area contributed by atoms with Crippen LogP contribution in [0.5, 0.6) is 0 Å². The van der Waals surface area contributed by atoms with Gasteiger partial charge in [-0.2, -0.15) is 0 Å². The van der Waals surface area contributed by atoms with Gasteiger partial charge >= 0.3 is 12.0 Å². The van der Waals surface area contributed by atoms with E-state index < -0.39 is 12.0 Å². The first-order chi connectivity index (χ1) is 8.02. The third-order valence-corrected chi connectivity index (χ3v) is 1.59. The average molecular weight is 240 g/mol. The standard InChI is InChI=1S/C11H16N2O4/c1-4-6-12-11(16)13-7-9(8(3)14)10(15)17-5-2/h4,7,14H,1,5-6H2,2-3H3,(H,12,16). The van der Waals surface area contributed by atoms with Crippen molar-refractivity contribution in [1.82, 2.24) is 5.32 Å². The van der Waals surface area contributed by atoms with Gasteiger partial charge in [0.15, 0.2) is 0 Å². The number of esters is 1. The van der Waals surface area contributed by atoms with E-state index in [1.807, 2.05) is 0 Å². The predicted molar refractivity (Wildman–Crippen MR) is 64.0 cm³/mol. The number of rotatable bonds is 5. The molecule has 0 aliphatic heterocycles. The number of aliphatic hydroxyl groups excluding tert-OH is 1. The maximum absolute atomic E-state index is 11.3. The average Bonchev–Trinajstić information content (AvgIpc) is 2.26. The van der Waals surface area contributed by atoms with Crippen molar-refractivity contribution in [3.05, 3.63) is 24.0 Å². The van der Waals surface area contributed by atoms with Crippen molar-refractivity contribution in [1.29, 1.82) is 0 Å². The van der Waals surface area contributed by atoms with Crippen LogP contribution in [0.25, 0.3) is 0 Å². The number of carbonyl (C=O) groups is 2. The van der Waals surface area contributed by atoms with E-state index in [1.165, 1.54) is 13.0 Å². The van der Waals surface area contributed by atoms with Gasteiger partial charge in [0.25, 0.3) is 0 Å². The van der Waals surface area contributed by atoms with Crippen LogP contribution in [-0.2, 0) is 9.53 Å². The molecule has 0 aromatic heterocycles. The zero-order valence-corrected chi connectivity index (χ0v) is 9.90. The first-order valence-electron chi connectivity index (χ1n) is 5.02. The number of nitrogens with zero attached hydrogens (tertiary/aromatic N) is 1. The van der Waals surface area contributed by atoms with E-state index >= 15 is 0 Å². The van der Waals surface area contributed by atoms with Gasteiger partial charge in [-0.3, -0.25) is 0 Å². The number of urea groups is 1. The van der Waals surface area contributed by atoms with E-state index in [2.05, 4.69) is 21.6 Å². The van der Waals surface area contributed by atoms with Crippen LogP contribution < -0.4 is 5.32 Å². The maximum atomic E-state index is 11.3. The number of carbonyl (C=O) groups excluding carboxylic acids is 2. The normalized spacial score (nSPS) is 11.9. The minimum Gasteiger partial charge on any atom is -0.512 e. The molecule has 0 saturated heterocycles. The molecule has 0 saturated carbocycles. The monoisotopic (exact) mass is 240 g/mol. The van der Waals surface area contributed by atoms with Gasteiger partial charge in [-0.15, -0.1) is 6.58 Å². The van der Waals surface area contributed by atoms with Crippen LogP contribution in [0.2, 0.25) is 0 Å². The van der Waals surface area contributed by atoms with Crippen molar-refractivity contribution in [2.75, 3.05) is 13.2 Å². The molecule has 0 aromatic carbocycles. The Balaban J connectivity index is 4.62. The molecule has 0 aliphatic rings. The highest BCUT2D eigenvalue weighted by atomic mass is 16.5. The van der Waals surface area contributed by atoms with Gasteiger partial charge < -0.3 is 15.2 Å². The summed E-state index contributed by atoms with van der Waals surface area (Å²) in [5, 5.41) is 11.6. The second-order valence-corrected chi connectivity index (χ2v) is 2.95. The molecule has 0 aliphatic carbocycles. The summed E-state index contributed by atoms with van der Waals surface area (Å²) in [5.74, 6) is -0.989. The van der Waals surface area contributed by atoms with Gasteiger partial charge in [-0.25, -0.2) is 14.6 Å². The van der Waals surface area contributed by atoms with Gasteiger partial charge in [0.05, 0.1) is 12.8 Å². The van der Waals surface area contributed by atoms with E-state index in [9.17, 15) is 14.7 Å². The van der Waals surface area contributed by atoms with Crippen LogP contribution in [-0.4, -0.2) is 36.5 Å². The van der Waals surface area contributed by atoms with Crippen molar-refractivity contribution in [2.24, 2.45) is 4.99 Å². The first-order valence-corrected chi connectivity index (χ1v) is 5.02. The van der Waals surface area contributed by atoms with E-state index in [4.69, 9.17) is 0 Å². The Morgan fingerprint density at radius 1 is 1.53 bits per heavy atom. The summed E-state index contributed by atoms with van der Waals surface area (Å²) in [6.45, 7) is 6.80. The van der Waals surface area contributed by atoms with Gasteiger partial charge in [-0.05, 0) is 13.8 Å². The van der Waals surface area contributed by atoms with Crippen LogP contribution in [0, 0.1) is 0 Å². The Morgan fingerprint density at radius 2 is 2.18 bits per heavy atom. The van der Waals surface area contributed by atoms with Crippen molar-refractivity contribution in [3.63, 3.8) is 0 Å². The molecule has 6 nitrogen and oxygen atoms in total. The largest absolute Gasteiger partial charge is 0.512 e. The van der Waals surface area contributed by atoms with Crippen LogP contribution in [0.3, 0.4) is 0 Å². The molecule has 94 valence electrons. The Labute approximate surface area is 99.7 Å². The lowest BCUT2D eigenvalue weighted by molar-refractivity contribution is -0.138. The number of ether oxygens (including phenoxy) is 1. The van der Waals surface area contributed by atoms with Crippen molar-refractivity contribution >= 4 is 18.2 Å². The molecule has 0 bridgehead atoms. The van der Waals surface area contributed by atoms with E-state index in [1.54, 1.807) is 6.92 Å². The Bertz CT molecular complexity index is 354. The third kappa shape index (κ3) is 6.14. The minimum atomic E-state index is -0.729. The fourth-order valence-corrected chi connectivity index (χ4v) is 0.831. The molecule has 17 heavy (non-hydrogen) atoms. The maximum Gasteiger partial charge on any atom is 0.343 e. The fourth-order valence-electron chi connectivity index (χ4n) is 0.831. The Hall–Kier alpha value is -2.11. The molecule has 0 unspecified atom stereocenters. The molecule has 0 atom stereocenters. The lowest BCUT2D eigenvalue weighted by Gasteiger charge is -2.02. The smallest absolute Gasteiger partial charge is 0.343 e. The number of hydrogen-bond donors (Lipinski definition) is 2. The summed E-state index contributed by atoms with van der Waals surface area (Å²) in [5.41, 5.74) is -0.152. The molecule has 0 spiro atoms. The number of nitrogens with one attached hydrogen (secondary N) is 1. The number of allylic oxidation sites excluding steroid dienone is 1. The third-order valence-electron chi connectivity index (χ3n) is 1.59. The second-order valence-electron chi connectivity index (χ2n) is 2.95. The zero-order valence-electron chi connectivity index (χ0n) is 9.90. The molecule has 0 heterocycles. The highest BCUT2D eigenvalue weighted by Gasteiger charge is 2.12. The van der Waals surface area contributed by atoms with Gasteiger partial charge in [0, 0.05) is 6.54 Å². The Kier molecular flexibility index (Phi) is 7.09. The number of amides is 2. The molecule has 0 rings (SSSR count). The summed E-state index contributed by atoms with van der Waals surface area (Å²) >= 11 is 0. The second kappa shape index (κ2) is 8.09. The van der Waals surface area contributed by atoms with Gasteiger partial charge in [0.2, 0.25) is 0 Å². The van der Waals surface area contributed by atoms with Crippen molar-refractivity contribution in [2.45, 2.75) is 13.8 Å². The molecule has 6 heteroatoms. The molecule has 0 fully saturated rings. The van der Waals surface area contributed by atoms with Gasteiger partial charge in [-0.1, -0.05) is 6.08 Å². The highest BCUT2D eigenvalue weighted by molar-refractivity contribution is 6.11. The highest BCUT2D eigenvalue weighted by Crippen LogP contribution is 2.01. The quantitative estimate of drug-likeness (QED) is 0.249. The lowest BCUT2D eigenvalue weighted by atomic mass is 10.2. The lowest BCUT2D eigenvalue weighted by Crippen LogP contribution is -2.20. The predicted octanol–water partition coefficient (Wildman–Crippen LogP) is 1.35. The van der Waals surface area contributed by atoms with E-state index in [0.29, 0.717) is 0 Å².